The summed E-state index contributed by atoms with van der Waals surface area (Å²) in [6, 6.07) is 12.4. The van der Waals surface area contributed by atoms with Crippen molar-refractivity contribution >= 4 is 11.2 Å². The van der Waals surface area contributed by atoms with E-state index in [0.29, 0.717) is 0 Å². The molecule has 0 bridgehead atoms. The maximum atomic E-state index is 12.9. The fourth-order valence-electron chi connectivity index (χ4n) is 3.48. The van der Waals surface area contributed by atoms with E-state index in [1.54, 1.807) is 0 Å². The molecule has 0 spiro atoms. The van der Waals surface area contributed by atoms with Gasteiger partial charge in [0.05, 0.1) is 6.54 Å². The van der Waals surface area contributed by atoms with Crippen molar-refractivity contribution in [1.29, 1.82) is 0 Å². The van der Waals surface area contributed by atoms with Gasteiger partial charge < -0.3 is 9.47 Å². The highest BCUT2D eigenvalue weighted by molar-refractivity contribution is 5.72. The average molecular weight is 460 g/mol. The van der Waals surface area contributed by atoms with Crippen molar-refractivity contribution in [2.45, 2.75) is 19.8 Å². The van der Waals surface area contributed by atoms with E-state index in [1.165, 1.54) is 35.4 Å². The van der Waals surface area contributed by atoms with Crippen LogP contribution in [-0.4, -0.2) is 25.0 Å². The predicted octanol–water partition coefficient (Wildman–Crippen LogP) is 3.48. The predicted molar refractivity (Wildman–Crippen MR) is 114 cm³/mol. The van der Waals surface area contributed by atoms with Crippen molar-refractivity contribution in [2.24, 2.45) is 14.1 Å². The van der Waals surface area contributed by atoms with Crippen LogP contribution < -0.4 is 20.7 Å². The van der Waals surface area contributed by atoms with Crippen molar-refractivity contribution in [2.75, 3.05) is 0 Å². The van der Waals surface area contributed by atoms with Gasteiger partial charge in [-0.2, -0.15) is 4.98 Å². The molecule has 2 heterocycles. The van der Waals surface area contributed by atoms with Crippen LogP contribution in [0.1, 0.15) is 11.1 Å². The molecule has 0 saturated carbocycles. The minimum absolute atomic E-state index is 0.0133. The summed E-state index contributed by atoms with van der Waals surface area (Å²) in [6.45, 7) is 2.10. The summed E-state index contributed by atoms with van der Waals surface area (Å²) in [5, 5.41) is 0. The zero-order chi connectivity index (χ0) is 23.9. The fraction of sp³-hybridized carbons (Fsp3) is 0.227. The zero-order valence-electron chi connectivity index (χ0n) is 17.9. The van der Waals surface area contributed by atoms with Crippen LogP contribution >= 0.6 is 0 Å². The molecule has 0 N–H and O–H groups in total. The van der Waals surface area contributed by atoms with Gasteiger partial charge in [0.1, 0.15) is 11.5 Å². The smallest absolute Gasteiger partial charge is 0.425 e. The third-order valence-corrected chi connectivity index (χ3v) is 4.98. The third-order valence-electron chi connectivity index (χ3n) is 4.98. The number of nitrogens with zero attached hydrogens (tertiary/aromatic N) is 4. The summed E-state index contributed by atoms with van der Waals surface area (Å²) in [4.78, 5) is 29.6. The Morgan fingerprint density at radius 1 is 0.970 bits per heavy atom. The summed E-state index contributed by atoms with van der Waals surface area (Å²) < 4.78 is 51.2. The first-order chi connectivity index (χ1) is 15.5. The number of aryl methyl sites for hydroxylation is 2. The second-order valence-electron chi connectivity index (χ2n) is 7.47. The van der Waals surface area contributed by atoms with Crippen LogP contribution in [0.5, 0.6) is 17.5 Å². The van der Waals surface area contributed by atoms with E-state index < -0.39 is 23.4 Å². The molecule has 2 aromatic carbocycles. The number of aromatic nitrogens is 4. The molecule has 0 fully saturated rings. The van der Waals surface area contributed by atoms with E-state index in [-0.39, 0.29) is 29.5 Å². The molecule has 0 unspecified atom stereocenters. The zero-order valence-corrected chi connectivity index (χ0v) is 17.9. The lowest BCUT2D eigenvalue weighted by Crippen LogP contribution is -2.37. The largest absolute Gasteiger partial charge is 0.573 e. The Balaban J connectivity index is 1.86. The van der Waals surface area contributed by atoms with E-state index in [2.05, 4.69) is 9.72 Å². The highest BCUT2D eigenvalue weighted by Gasteiger charge is 2.31. The van der Waals surface area contributed by atoms with Crippen molar-refractivity contribution in [3.05, 3.63) is 80.5 Å². The fourth-order valence-corrected chi connectivity index (χ4v) is 3.48. The molecule has 0 radical (unpaired) electrons. The minimum atomic E-state index is -4.86. The summed E-state index contributed by atoms with van der Waals surface area (Å²) >= 11 is 0. The van der Waals surface area contributed by atoms with Crippen LogP contribution in [-0.2, 0) is 20.6 Å². The van der Waals surface area contributed by atoms with Gasteiger partial charge in [0.2, 0.25) is 0 Å². The number of hydrogen-bond acceptors (Lipinski definition) is 5. The number of alkyl halides is 3. The second-order valence-corrected chi connectivity index (χ2v) is 7.47. The van der Waals surface area contributed by atoms with E-state index in [1.807, 2.05) is 31.2 Å². The molecule has 8 nitrogen and oxygen atoms in total. The number of fused-ring (bicyclic) bond motifs is 1. The Morgan fingerprint density at radius 3 is 2.36 bits per heavy atom. The molecule has 0 aliphatic carbocycles. The summed E-state index contributed by atoms with van der Waals surface area (Å²) in [5.41, 5.74) is 0.908. The molecule has 0 atom stereocenters. The first-order valence-corrected chi connectivity index (χ1v) is 9.79. The lowest BCUT2D eigenvalue weighted by atomic mass is 10.1. The van der Waals surface area contributed by atoms with Crippen molar-refractivity contribution in [1.82, 2.24) is 18.7 Å². The first kappa shape index (κ1) is 22.2. The van der Waals surface area contributed by atoms with E-state index >= 15 is 0 Å². The molecule has 0 amide bonds. The van der Waals surface area contributed by atoms with Gasteiger partial charge in [-0.15, -0.1) is 13.2 Å². The van der Waals surface area contributed by atoms with E-state index in [0.717, 1.165) is 27.8 Å². The molecule has 4 aromatic rings. The summed E-state index contributed by atoms with van der Waals surface area (Å²) in [5.74, 6) is -0.455. The normalized spacial score (nSPS) is 11.7. The van der Waals surface area contributed by atoms with E-state index in [9.17, 15) is 22.8 Å². The molecule has 11 heteroatoms. The van der Waals surface area contributed by atoms with E-state index in [4.69, 9.17) is 4.74 Å². The Bertz CT molecular complexity index is 1470. The standard InChI is InChI=1S/C22H19F3N4O4/c1-13-6-4-7-14(10-13)12-29-17-18(27(2)21(31)28(3)19(17)30)26-20(29)32-15-8-5-9-16(11-15)33-22(23,24)25/h4-11H,12H2,1-3H3. The highest BCUT2D eigenvalue weighted by Crippen LogP contribution is 2.30. The Morgan fingerprint density at radius 2 is 1.67 bits per heavy atom. The first-order valence-electron chi connectivity index (χ1n) is 9.79. The van der Waals surface area contributed by atoms with Gasteiger partial charge in [0.25, 0.3) is 5.56 Å². The summed E-state index contributed by atoms with van der Waals surface area (Å²) in [6.07, 6.45) is -4.86. The Hall–Kier alpha value is -4.02. The maximum absolute atomic E-state index is 12.9. The van der Waals surface area contributed by atoms with Gasteiger partial charge >= 0.3 is 18.1 Å². The molecular weight excluding hydrogens is 441 g/mol. The Labute approximate surface area is 185 Å². The molecule has 0 saturated heterocycles. The van der Waals surface area contributed by atoms with Gasteiger partial charge in [-0.3, -0.25) is 18.5 Å². The van der Waals surface area contributed by atoms with Gasteiger partial charge in [-0.25, -0.2) is 4.79 Å². The molecule has 0 aliphatic heterocycles. The van der Waals surface area contributed by atoms with Gasteiger partial charge in [0, 0.05) is 20.2 Å². The molecule has 172 valence electrons. The molecule has 0 aliphatic rings. The quantitative estimate of drug-likeness (QED) is 0.456. The minimum Gasteiger partial charge on any atom is -0.425 e. The third kappa shape index (κ3) is 4.47. The van der Waals surface area contributed by atoms with Crippen LogP contribution in [0, 0.1) is 6.92 Å². The number of hydrogen-bond donors (Lipinski definition) is 0. The highest BCUT2D eigenvalue weighted by atomic mass is 19.4. The topological polar surface area (TPSA) is 80.3 Å². The van der Waals surface area contributed by atoms with Crippen molar-refractivity contribution in [3.8, 4) is 17.5 Å². The molecule has 4 rings (SSSR count). The van der Waals surface area contributed by atoms with Gasteiger partial charge in [-0.05, 0) is 24.6 Å². The Kier molecular flexibility index (Phi) is 5.48. The molecular formula is C22H19F3N4O4. The number of halogens is 3. The number of rotatable bonds is 5. The number of benzene rings is 2. The van der Waals surface area contributed by atoms with Crippen molar-refractivity contribution in [3.63, 3.8) is 0 Å². The lowest BCUT2D eigenvalue weighted by molar-refractivity contribution is -0.274. The van der Waals surface area contributed by atoms with Gasteiger partial charge in [-0.1, -0.05) is 35.9 Å². The number of imidazole rings is 1. The summed E-state index contributed by atoms with van der Waals surface area (Å²) in [7, 11) is 2.82. The van der Waals surface area contributed by atoms with Crippen LogP contribution in [0.4, 0.5) is 13.2 Å². The van der Waals surface area contributed by atoms with Crippen LogP contribution in [0.15, 0.2) is 58.1 Å². The SMILES string of the molecule is Cc1cccc(Cn2c(Oc3cccc(OC(F)(F)F)c3)nc3c2c(=O)n(C)c(=O)n3C)c1. The monoisotopic (exact) mass is 460 g/mol. The molecule has 2 aromatic heterocycles. The maximum Gasteiger partial charge on any atom is 0.573 e. The molecule has 33 heavy (non-hydrogen) atoms. The second kappa shape index (κ2) is 8.15. The van der Waals surface area contributed by atoms with Crippen LogP contribution in [0.25, 0.3) is 11.2 Å². The van der Waals surface area contributed by atoms with Crippen LogP contribution in [0.3, 0.4) is 0 Å². The van der Waals surface area contributed by atoms with Crippen LogP contribution in [0.2, 0.25) is 0 Å². The number of ether oxygens (including phenoxy) is 2. The van der Waals surface area contributed by atoms with Crippen molar-refractivity contribution < 1.29 is 22.6 Å². The average Bonchev–Trinajstić information content (AvgIpc) is 3.08. The lowest BCUT2D eigenvalue weighted by Gasteiger charge is -2.12. The van der Waals surface area contributed by atoms with Gasteiger partial charge in [0.15, 0.2) is 11.2 Å².